The number of carbonyl (C=O) groups is 12. The third kappa shape index (κ3) is 22.1. The van der Waals surface area contributed by atoms with Crippen LogP contribution in [0.15, 0.2) is 97.8 Å². The Morgan fingerprint density at radius 2 is 0.926 bits per heavy atom. The van der Waals surface area contributed by atoms with Gasteiger partial charge in [0.05, 0.1) is 58.8 Å². The van der Waals surface area contributed by atoms with Crippen molar-refractivity contribution in [3.8, 4) is 0 Å². The molecule has 14 heterocycles. The molecule has 6 saturated heterocycles. The number of ether oxygens (including phenoxy) is 2. The van der Waals surface area contributed by atoms with Crippen LogP contribution >= 0.6 is 24.0 Å². The number of hydrogen-bond acceptors (Lipinski definition) is 18. The number of rotatable bonds is 9. The van der Waals surface area contributed by atoms with Gasteiger partial charge in [0.1, 0.15) is 53.7 Å². The summed E-state index contributed by atoms with van der Waals surface area (Å²) < 4.78 is 47.9. The van der Waals surface area contributed by atoms with Gasteiger partial charge in [0.15, 0.2) is 23.1 Å². The molecule has 34 heteroatoms. The fourth-order valence-electron chi connectivity index (χ4n) is 17.1. The van der Waals surface area contributed by atoms with Gasteiger partial charge in [-0.15, -0.1) is 12.4 Å². The molecular weight excluding hydrogens is 1620 g/mol. The van der Waals surface area contributed by atoms with E-state index in [1.165, 1.54) is 37.1 Å². The van der Waals surface area contributed by atoms with E-state index in [2.05, 4.69) is 15.3 Å². The molecule has 6 amide bonds. The molecule has 6 aromatic heterocycles. The predicted octanol–water partition coefficient (Wildman–Crippen LogP) is 8.48. The third-order valence-electron chi connectivity index (χ3n) is 23.6. The number of likely N-dealkylation sites (tertiary alicyclic amines) is 4. The summed E-state index contributed by atoms with van der Waals surface area (Å²) in [4.78, 5) is 163. The Kier molecular flexibility index (Phi) is 33.5. The van der Waals surface area contributed by atoms with Crippen LogP contribution in [-0.4, -0.2) is 247 Å². The Bertz CT molecular complexity index is 5230. The molecule has 2 N–H and O–H groups in total. The van der Waals surface area contributed by atoms with E-state index >= 15 is 8.78 Å². The maximum Gasteiger partial charge on any atom is 1.00 e. The zero-order chi connectivity index (χ0) is 84.2. The standard InChI is InChI=1S/C30H28FN5O4.C30H26FN5O4.C11H19NO3.C7H10ClNO2.C6H11NO.C4H8O.B.ClH.Na.H/c2*31-20-11-19-15-35(30(40)33-7-4-18(17-37)5-8-33)10-9-34-16-22(21(12-20)29(19)34)27-24(38)13-25(39)28(27)23-14-32-26-3-1-2-6-36(23)26;1-11(2,3)15-10(14)12-6-4-9(8-13)5-7-12;8-7(11)9-3-1-6(5-10)2-4-9;8-5-6-1-3-7-4-2-6;1-2-4-5-3-1;;;;/h1-3,6,11-12,14,16,18,37H,4-5,7-10,13,15,17H2;1-3,6,11-12,14,16-18H,4-5,7-10,13,15H2;8-9H,4-7H2,1-3H3;5-6H,1-4H2;5-7H,1-4H2;1-4H2;;1H;;/q;;;;;;;;+1;-1. The number of nitrogens with one attached hydrogen (secondary N) is 1. The largest absolute Gasteiger partial charge is 1.00 e. The molecule has 0 atom stereocenters. The summed E-state index contributed by atoms with van der Waals surface area (Å²) in [6.45, 7) is 16.6. The molecule has 18 rings (SSSR count). The fraction of sp³-hybridized carbons (Fsp3) is 0.477. The molecule has 0 unspecified atom stereocenters. The van der Waals surface area contributed by atoms with Crippen molar-refractivity contribution in [1.29, 1.82) is 0 Å². The molecule has 2 aromatic carbocycles. The average Bonchev–Trinajstić information content (AvgIpc) is 1.58. The molecule has 28 nitrogen and oxygen atoms in total. The number of carbonyl (C=O) groups excluding carboxylic acids is 12. The van der Waals surface area contributed by atoms with Crippen LogP contribution in [0.3, 0.4) is 0 Å². The number of hydrogen-bond donors (Lipinski definition) is 2. The number of imidazole rings is 2. The molecule has 643 valence electrons. The van der Waals surface area contributed by atoms with Crippen LogP contribution in [0, 0.1) is 41.2 Å². The first kappa shape index (κ1) is 94.7. The van der Waals surface area contributed by atoms with Crippen molar-refractivity contribution in [2.24, 2.45) is 29.6 Å². The minimum atomic E-state index is -0.476. The van der Waals surface area contributed by atoms with Gasteiger partial charge in [-0.2, -0.15) is 0 Å². The van der Waals surface area contributed by atoms with Gasteiger partial charge < -0.3 is 79.0 Å². The SMILES string of the molecule is C1CCOC1.CC(C)(C)OC(=O)N1CCC(C=O)CC1.Cl.O=C1CC(=O)C(c2cnc3ccccn23)=C1c1cn2c3c(cc(F)cc13)CN(C(=O)N1CCC(CO)CC1)CC2.O=CC1CCN(C(=O)Cl)CC1.O=CC1CCN(C(=O)N2CCn3cc(C4=C(c5cnc6ccccn56)C(=O)CC4=O)c4cc(F)cc(c43)C2)CC1.O=CC1CCNCC1.[B].[H-].[Na+]. The first-order chi connectivity index (χ1) is 57.4. The van der Waals surface area contributed by atoms with Gasteiger partial charge in [-0.3, -0.25) is 32.8 Å². The van der Waals surface area contributed by atoms with Crippen LogP contribution < -0.4 is 34.9 Å². The Hall–Kier alpha value is -9.60. The number of amides is 6. The molecule has 0 spiro atoms. The smallest absolute Gasteiger partial charge is 1.00 e. The topological polar surface area (TPSA) is 319 Å². The fourth-order valence-corrected chi connectivity index (χ4v) is 17.2. The number of ketones is 4. The predicted molar refractivity (Wildman–Crippen MR) is 454 cm³/mol. The second-order valence-electron chi connectivity index (χ2n) is 32.8. The van der Waals surface area contributed by atoms with Crippen molar-refractivity contribution >= 4 is 160 Å². The second-order valence-corrected chi connectivity index (χ2v) is 33.1. The molecular formula is C88H104BCl2F2N13NaO15. The Morgan fingerprint density at radius 3 is 1.30 bits per heavy atom. The molecule has 0 saturated carbocycles. The monoisotopic (exact) mass is 1720 g/mol. The minimum Gasteiger partial charge on any atom is -1.00 e. The summed E-state index contributed by atoms with van der Waals surface area (Å²) in [5.74, 6) is -1.31. The van der Waals surface area contributed by atoms with E-state index in [9.17, 15) is 62.6 Å². The first-order valence-corrected chi connectivity index (χ1v) is 41.6. The van der Waals surface area contributed by atoms with Crippen LogP contribution in [0.1, 0.15) is 146 Å². The molecule has 10 aliphatic rings. The van der Waals surface area contributed by atoms with Crippen LogP contribution in [0.2, 0.25) is 0 Å². The quantitative estimate of drug-likeness (QED) is 0.0450. The molecule has 122 heavy (non-hydrogen) atoms. The summed E-state index contributed by atoms with van der Waals surface area (Å²) in [7, 11) is 0. The molecule has 8 aliphatic heterocycles. The van der Waals surface area contributed by atoms with E-state index in [1.54, 1.807) is 58.1 Å². The van der Waals surface area contributed by atoms with E-state index in [4.69, 9.17) is 21.1 Å². The number of fused-ring (bicyclic) bond motifs is 2. The Labute approximate surface area is 742 Å². The molecule has 6 fully saturated rings. The van der Waals surface area contributed by atoms with Crippen molar-refractivity contribution in [2.45, 2.75) is 142 Å². The number of urea groups is 2. The summed E-state index contributed by atoms with van der Waals surface area (Å²) >= 11 is 5.25. The summed E-state index contributed by atoms with van der Waals surface area (Å²) in [5, 5.41) is 13.3. The van der Waals surface area contributed by atoms with Gasteiger partial charge in [-0.1, -0.05) is 12.1 Å². The number of halogens is 4. The molecule has 8 aromatic rings. The molecule has 2 aliphatic carbocycles. The number of Topliss-reactive ketones (excluding diaryl/α,β-unsaturated/α-hetero) is 4. The second kappa shape index (κ2) is 43.1. The van der Waals surface area contributed by atoms with Gasteiger partial charge in [0, 0.05) is 201 Å². The van der Waals surface area contributed by atoms with Crippen molar-refractivity contribution in [2.75, 3.05) is 98.4 Å². The number of aromatic nitrogens is 6. The van der Waals surface area contributed by atoms with E-state index in [0.717, 1.165) is 114 Å². The number of pyridine rings is 2. The van der Waals surface area contributed by atoms with Crippen molar-refractivity contribution in [3.05, 3.63) is 143 Å². The Morgan fingerprint density at radius 1 is 0.541 bits per heavy atom. The average molecular weight is 1730 g/mol. The van der Waals surface area contributed by atoms with Gasteiger partial charge in [-0.05, 0) is 188 Å². The third-order valence-corrected chi connectivity index (χ3v) is 23.8. The Balaban J connectivity index is 0.000000191. The summed E-state index contributed by atoms with van der Waals surface area (Å²) in [5.41, 5.74) is 6.96. The van der Waals surface area contributed by atoms with Crippen LogP contribution in [0.25, 0.3) is 55.4 Å². The summed E-state index contributed by atoms with van der Waals surface area (Å²) in [6.07, 6.45) is 24.1. The number of aliphatic hydroxyl groups excluding tert-OH is 1. The zero-order valence-electron chi connectivity index (χ0n) is 70.4. The first-order valence-electron chi connectivity index (χ1n) is 41.2. The normalized spacial score (nSPS) is 18.6. The van der Waals surface area contributed by atoms with Crippen molar-refractivity contribution in [3.63, 3.8) is 0 Å². The number of allylic oxidation sites excluding steroid dienone is 4. The maximum atomic E-state index is 15.1. The van der Waals surface area contributed by atoms with Gasteiger partial charge in [-0.25, -0.2) is 33.1 Å². The van der Waals surface area contributed by atoms with Crippen LogP contribution in [0.5, 0.6) is 0 Å². The van der Waals surface area contributed by atoms with E-state index in [0.29, 0.717) is 164 Å². The number of nitrogens with zero attached hydrogens (tertiary/aromatic N) is 12. The van der Waals surface area contributed by atoms with Crippen LogP contribution in [0.4, 0.5) is 28.0 Å². The summed E-state index contributed by atoms with van der Waals surface area (Å²) in [6, 6.07) is 16.5. The number of aldehydes is 4. The van der Waals surface area contributed by atoms with Crippen molar-refractivity contribution in [1.82, 2.24) is 62.6 Å². The molecule has 3 radical (unpaired) electrons. The zero-order valence-corrected chi connectivity index (χ0v) is 73.0. The number of aliphatic hydroxyl groups is 1. The van der Waals surface area contributed by atoms with Crippen molar-refractivity contribution < 1.29 is 112 Å². The molecule has 0 bridgehead atoms. The van der Waals surface area contributed by atoms with Crippen LogP contribution in [-0.2, 0) is 74.0 Å². The van der Waals surface area contributed by atoms with E-state index < -0.39 is 22.6 Å². The van der Waals surface area contributed by atoms with E-state index in [1.807, 2.05) is 83.6 Å². The minimum absolute atomic E-state index is 0. The maximum absolute atomic E-state index is 15.1. The van der Waals surface area contributed by atoms with E-state index in [-0.39, 0.29) is 160 Å². The number of piperidine rings is 5. The van der Waals surface area contributed by atoms with Gasteiger partial charge in [0.2, 0.25) is 0 Å². The van der Waals surface area contributed by atoms with Gasteiger partial charge >= 0.3 is 53.1 Å². The van der Waals surface area contributed by atoms with Gasteiger partial charge in [0.25, 0.3) is 0 Å². The number of benzene rings is 2.